The Hall–Kier alpha value is -4.28. The van der Waals surface area contributed by atoms with E-state index < -0.39 is 23.5 Å². The average Bonchev–Trinajstić information content (AvgIpc) is 3.53. The molecular weight excluding hydrogens is 464 g/mol. The molecule has 3 amide bonds. The van der Waals surface area contributed by atoms with Crippen molar-refractivity contribution in [2.75, 3.05) is 10.6 Å². The molecule has 3 aromatic rings. The number of ether oxygens (including phenoxy) is 1. The van der Waals surface area contributed by atoms with Gasteiger partial charge in [-0.3, -0.25) is 14.4 Å². The van der Waals surface area contributed by atoms with E-state index in [1.54, 1.807) is 43.7 Å². The van der Waals surface area contributed by atoms with Gasteiger partial charge in [-0.05, 0) is 52.7 Å². The van der Waals surface area contributed by atoms with Crippen LogP contribution in [0.25, 0.3) is 10.9 Å². The Balaban J connectivity index is 1.76. The van der Waals surface area contributed by atoms with Crippen LogP contribution >= 0.6 is 0 Å². The fraction of sp³-hybridized carbons (Fsp3) is 0.360. The molecule has 0 spiro atoms. The normalized spacial score (nSPS) is 13.2. The predicted molar refractivity (Wildman–Crippen MR) is 133 cm³/mol. The maximum Gasteiger partial charge on any atom is 0.326 e. The number of Topliss-reactive ketones (excluding diaryl/α,β-unsaturated/α-hetero) is 1. The molecule has 0 radical (unpaired) electrons. The second-order valence-corrected chi connectivity index (χ2v) is 9.68. The van der Waals surface area contributed by atoms with Crippen molar-refractivity contribution in [2.24, 2.45) is 0 Å². The molecule has 4 rings (SSSR count). The standard InChI is InChI=1S/C25H28N6O5/c1-14(32)18-11-31(12-22(33)36-25(2,3)4)21-8-20(29-23(34)15-9-26-13-27-10-15)19(7-17(18)21)30-24(35)28-16-5-6-16/h7-11,13,16H,5-6,12H2,1-4H3,(H,29,34)(H2,28,30,35). The van der Waals surface area contributed by atoms with Crippen molar-refractivity contribution in [1.29, 1.82) is 0 Å². The number of hydrogen-bond donors (Lipinski definition) is 3. The summed E-state index contributed by atoms with van der Waals surface area (Å²) in [7, 11) is 0. The van der Waals surface area contributed by atoms with Crippen molar-refractivity contribution < 1.29 is 23.9 Å². The van der Waals surface area contributed by atoms with Crippen LogP contribution in [0.2, 0.25) is 0 Å². The summed E-state index contributed by atoms with van der Waals surface area (Å²) in [6.07, 6.45) is 7.43. The Labute approximate surface area is 207 Å². The van der Waals surface area contributed by atoms with E-state index in [2.05, 4.69) is 25.9 Å². The number of ketones is 1. The molecule has 36 heavy (non-hydrogen) atoms. The Kier molecular flexibility index (Phi) is 6.73. The highest BCUT2D eigenvalue weighted by atomic mass is 16.6. The first-order valence-electron chi connectivity index (χ1n) is 11.5. The van der Waals surface area contributed by atoms with Gasteiger partial charge in [-0.2, -0.15) is 0 Å². The first-order valence-corrected chi connectivity index (χ1v) is 11.5. The van der Waals surface area contributed by atoms with Crippen molar-refractivity contribution in [2.45, 2.75) is 58.7 Å². The molecule has 1 fully saturated rings. The first kappa shape index (κ1) is 24.8. The summed E-state index contributed by atoms with van der Waals surface area (Å²) in [4.78, 5) is 58.1. The smallest absolute Gasteiger partial charge is 0.326 e. The second-order valence-electron chi connectivity index (χ2n) is 9.68. The summed E-state index contributed by atoms with van der Waals surface area (Å²) in [5.41, 5.74) is 1.00. The summed E-state index contributed by atoms with van der Waals surface area (Å²) in [6.45, 7) is 6.59. The van der Waals surface area contributed by atoms with Crippen LogP contribution in [0.4, 0.5) is 16.2 Å². The number of nitrogens with one attached hydrogen (secondary N) is 3. The van der Waals surface area contributed by atoms with Gasteiger partial charge in [-0.25, -0.2) is 14.8 Å². The van der Waals surface area contributed by atoms with Gasteiger partial charge in [-0.1, -0.05) is 0 Å². The SMILES string of the molecule is CC(=O)c1cn(CC(=O)OC(C)(C)C)c2cc(NC(=O)c3cncnc3)c(NC(=O)NC3CC3)cc12. The van der Waals surface area contributed by atoms with Crippen molar-refractivity contribution in [1.82, 2.24) is 19.9 Å². The lowest BCUT2D eigenvalue weighted by Crippen LogP contribution is -2.30. The number of fused-ring (bicyclic) bond motifs is 1. The molecule has 1 aromatic carbocycles. The molecule has 0 saturated heterocycles. The zero-order valence-corrected chi connectivity index (χ0v) is 20.5. The van der Waals surface area contributed by atoms with Gasteiger partial charge in [0.15, 0.2) is 5.78 Å². The Morgan fingerprint density at radius 2 is 1.72 bits per heavy atom. The lowest BCUT2D eigenvalue weighted by atomic mass is 10.1. The Morgan fingerprint density at radius 3 is 2.33 bits per heavy atom. The minimum absolute atomic E-state index is 0.121. The van der Waals surface area contributed by atoms with Gasteiger partial charge in [0.05, 0.1) is 22.5 Å². The van der Waals surface area contributed by atoms with Gasteiger partial charge < -0.3 is 25.3 Å². The third kappa shape index (κ3) is 6.04. The molecule has 1 aliphatic rings. The predicted octanol–water partition coefficient (Wildman–Crippen LogP) is 3.51. The van der Waals surface area contributed by atoms with E-state index in [1.807, 2.05) is 0 Å². The van der Waals surface area contributed by atoms with Crippen LogP contribution in [-0.2, 0) is 16.1 Å². The van der Waals surface area contributed by atoms with Gasteiger partial charge in [0.1, 0.15) is 18.5 Å². The Morgan fingerprint density at radius 1 is 1.06 bits per heavy atom. The fourth-order valence-corrected chi connectivity index (χ4v) is 3.65. The second kappa shape index (κ2) is 9.76. The molecule has 0 unspecified atom stereocenters. The summed E-state index contributed by atoms with van der Waals surface area (Å²) in [5.74, 6) is -1.18. The zero-order valence-electron chi connectivity index (χ0n) is 20.5. The van der Waals surface area contributed by atoms with E-state index in [0.29, 0.717) is 22.2 Å². The number of urea groups is 1. The molecule has 0 atom stereocenters. The zero-order chi connectivity index (χ0) is 26.0. The topological polar surface area (TPSA) is 144 Å². The maximum absolute atomic E-state index is 12.9. The number of hydrogen-bond acceptors (Lipinski definition) is 7. The summed E-state index contributed by atoms with van der Waals surface area (Å²) < 4.78 is 7.03. The van der Waals surface area contributed by atoms with Crippen molar-refractivity contribution >= 4 is 46.0 Å². The number of esters is 1. The van der Waals surface area contributed by atoms with Crippen molar-refractivity contribution in [3.05, 3.63) is 48.2 Å². The van der Waals surface area contributed by atoms with Gasteiger partial charge >= 0.3 is 12.0 Å². The molecule has 1 saturated carbocycles. The number of nitrogens with zero attached hydrogens (tertiary/aromatic N) is 3. The van der Waals surface area contributed by atoms with Crippen molar-refractivity contribution in [3.63, 3.8) is 0 Å². The molecule has 3 N–H and O–H groups in total. The number of aromatic nitrogens is 3. The quantitative estimate of drug-likeness (QED) is 0.338. The van der Waals surface area contributed by atoms with E-state index >= 15 is 0 Å². The minimum atomic E-state index is -0.674. The van der Waals surface area contributed by atoms with Gasteiger partial charge in [0.25, 0.3) is 5.91 Å². The molecule has 11 nitrogen and oxygen atoms in total. The third-order valence-electron chi connectivity index (χ3n) is 5.35. The van der Waals surface area contributed by atoms with Crippen LogP contribution in [0, 0.1) is 0 Å². The number of carbonyl (C=O) groups is 4. The largest absolute Gasteiger partial charge is 0.459 e. The van der Waals surface area contributed by atoms with Gasteiger partial charge in [0.2, 0.25) is 0 Å². The molecular formula is C25H28N6O5. The van der Waals surface area contributed by atoms with Gasteiger partial charge in [-0.15, -0.1) is 0 Å². The number of carbonyl (C=O) groups excluding carboxylic acids is 4. The first-order chi connectivity index (χ1) is 17.0. The molecule has 188 valence electrons. The summed E-state index contributed by atoms with van der Waals surface area (Å²) >= 11 is 0. The molecule has 1 aliphatic carbocycles. The maximum atomic E-state index is 12.9. The minimum Gasteiger partial charge on any atom is -0.459 e. The summed E-state index contributed by atoms with van der Waals surface area (Å²) in [6, 6.07) is 2.92. The van der Waals surface area contributed by atoms with E-state index in [0.717, 1.165) is 12.8 Å². The molecule has 2 heterocycles. The number of amides is 3. The highest BCUT2D eigenvalue weighted by molar-refractivity contribution is 6.13. The molecule has 11 heteroatoms. The molecule has 2 aromatic heterocycles. The van der Waals surface area contributed by atoms with Crippen LogP contribution in [0.5, 0.6) is 0 Å². The molecule has 0 aliphatic heterocycles. The number of benzene rings is 1. The van der Waals surface area contributed by atoms with E-state index in [4.69, 9.17) is 4.74 Å². The van der Waals surface area contributed by atoms with Crippen LogP contribution in [0.15, 0.2) is 37.1 Å². The van der Waals surface area contributed by atoms with E-state index in [9.17, 15) is 19.2 Å². The monoisotopic (exact) mass is 492 g/mol. The van der Waals surface area contributed by atoms with Crippen LogP contribution < -0.4 is 16.0 Å². The average molecular weight is 493 g/mol. The van der Waals surface area contributed by atoms with E-state index in [-0.39, 0.29) is 29.6 Å². The highest BCUT2D eigenvalue weighted by Crippen LogP contribution is 2.33. The van der Waals surface area contributed by atoms with E-state index in [1.165, 1.54) is 25.6 Å². The van der Waals surface area contributed by atoms with Crippen LogP contribution in [-0.4, -0.2) is 49.9 Å². The van der Waals surface area contributed by atoms with Crippen LogP contribution in [0.3, 0.4) is 0 Å². The Bertz CT molecular complexity index is 1340. The molecule has 0 bridgehead atoms. The number of anilines is 2. The fourth-order valence-electron chi connectivity index (χ4n) is 3.65. The lowest BCUT2D eigenvalue weighted by molar-refractivity contribution is -0.155. The third-order valence-corrected chi connectivity index (χ3v) is 5.35. The van der Waals surface area contributed by atoms with Crippen molar-refractivity contribution in [3.8, 4) is 0 Å². The lowest BCUT2D eigenvalue weighted by Gasteiger charge is -2.20. The van der Waals surface area contributed by atoms with Crippen LogP contribution in [0.1, 0.15) is 61.3 Å². The summed E-state index contributed by atoms with van der Waals surface area (Å²) in [5, 5.41) is 8.90. The van der Waals surface area contributed by atoms with Gasteiger partial charge in [0, 0.05) is 35.6 Å². The highest BCUT2D eigenvalue weighted by Gasteiger charge is 2.25. The number of rotatable bonds is 7.